The topological polar surface area (TPSA) is 38.0 Å². The minimum Gasteiger partial charge on any atom is -0.329 e. The van der Waals surface area contributed by atoms with Crippen molar-refractivity contribution < 1.29 is 0 Å². The van der Waals surface area contributed by atoms with Crippen LogP contribution in [0.4, 0.5) is 0 Å². The van der Waals surface area contributed by atoms with Crippen molar-refractivity contribution in [1.29, 1.82) is 0 Å². The Labute approximate surface area is 129 Å². The Hall–Kier alpha value is -1.16. The van der Waals surface area contributed by atoms with E-state index in [2.05, 4.69) is 76.7 Å². The van der Waals surface area contributed by atoms with Crippen LogP contribution in [0.15, 0.2) is 59.1 Å². The van der Waals surface area contributed by atoms with Crippen molar-refractivity contribution in [1.82, 2.24) is 5.32 Å². The zero-order chi connectivity index (χ0) is 14.4. The number of rotatable bonds is 6. The molecule has 0 aliphatic heterocycles. The Balaban J connectivity index is 1.99. The van der Waals surface area contributed by atoms with Crippen LogP contribution < -0.4 is 11.1 Å². The van der Waals surface area contributed by atoms with Crippen LogP contribution in [-0.2, 0) is 13.0 Å². The van der Waals surface area contributed by atoms with Crippen molar-refractivity contribution in [3.05, 3.63) is 70.2 Å². The van der Waals surface area contributed by atoms with E-state index in [0.717, 1.165) is 17.4 Å². The first-order valence-electron chi connectivity index (χ1n) is 6.85. The molecule has 0 heterocycles. The van der Waals surface area contributed by atoms with Crippen molar-refractivity contribution >= 4 is 15.9 Å². The summed E-state index contributed by atoms with van der Waals surface area (Å²) in [7, 11) is 0. The summed E-state index contributed by atoms with van der Waals surface area (Å²) < 4.78 is 1.10. The first-order chi connectivity index (χ1) is 9.61. The smallest absolute Gasteiger partial charge is 0.0319 e. The lowest BCUT2D eigenvalue weighted by Crippen LogP contribution is -2.50. The Morgan fingerprint density at radius 2 is 1.65 bits per heavy atom. The van der Waals surface area contributed by atoms with E-state index in [1.54, 1.807) is 0 Å². The molecule has 0 aliphatic rings. The number of hydrogen-bond acceptors (Lipinski definition) is 2. The molecule has 1 unspecified atom stereocenters. The van der Waals surface area contributed by atoms with Gasteiger partial charge in [-0.15, -0.1) is 0 Å². The van der Waals surface area contributed by atoms with Gasteiger partial charge in [0.1, 0.15) is 0 Å². The van der Waals surface area contributed by atoms with Gasteiger partial charge in [-0.3, -0.25) is 0 Å². The molecular weight excluding hydrogens is 312 g/mol. The maximum atomic E-state index is 5.98. The molecule has 2 rings (SSSR count). The van der Waals surface area contributed by atoms with E-state index >= 15 is 0 Å². The Morgan fingerprint density at radius 1 is 1.00 bits per heavy atom. The van der Waals surface area contributed by atoms with Crippen molar-refractivity contribution in [3.63, 3.8) is 0 Å². The van der Waals surface area contributed by atoms with E-state index in [1.807, 2.05) is 6.07 Å². The molecule has 0 saturated carbocycles. The second-order valence-corrected chi connectivity index (χ2v) is 6.32. The molecule has 0 spiro atoms. The Morgan fingerprint density at radius 3 is 2.25 bits per heavy atom. The van der Waals surface area contributed by atoms with Crippen LogP contribution in [0, 0.1) is 0 Å². The maximum absolute atomic E-state index is 5.98. The molecule has 2 aromatic rings. The summed E-state index contributed by atoms with van der Waals surface area (Å²) in [5, 5.41) is 3.59. The van der Waals surface area contributed by atoms with Gasteiger partial charge in [-0.25, -0.2) is 0 Å². The fraction of sp³-hybridized carbons (Fsp3) is 0.294. The predicted molar refractivity (Wildman–Crippen MR) is 88.6 cm³/mol. The summed E-state index contributed by atoms with van der Waals surface area (Å²) in [5.41, 5.74) is 8.46. The molecule has 2 nitrogen and oxygen atoms in total. The Bertz CT molecular complexity index is 524. The van der Waals surface area contributed by atoms with Crippen molar-refractivity contribution in [2.24, 2.45) is 5.73 Å². The van der Waals surface area contributed by atoms with Gasteiger partial charge in [-0.2, -0.15) is 0 Å². The molecule has 0 radical (unpaired) electrons. The van der Waals surface area contributed by atoms with Crippen molar-refractivity contribution in [3.8, 4) is 0 Å². The second kappa shape index (κ2) is 7.02. The molecule has 1 atom stereocenters. The average molecular weight is 333 g/mol. The van der Waals surface area contributed by atoms with Crippen LogP contribution in [0.5, 0.6) is 0 Å². The zero-order valence-electron chi connectivity index (χ0n) is 11.8. The van der Waals surface area contributed by atoms with E-state index < -0.39 is 0 Å². The summed E-state index contributed by atoms with van der Waals surface area (Å²) in [5.74, 6) is 0. The highest BCUT2D eigenvalue weighted by molar-refractivity contribution is 9.10. The molecule has 0 amide bonds. The number of benzene rings is 2. The highest BCUT2D eigenvalue weighted by Crippen LogP contribution is 2.16. The highest BCUT2D eigenvalue weighted by atomic mass is 79.9. The molecular formula is C17H21BrN2. The lowest BCUT2D eigenvalue weighted by Gasteiger charge is -2.30. The first-order valence-corrected chi connectivity index (χ1v) is 7.64. The SMILES string of the molecule is CC(CN)(Cc1ccc(Br)cc1)NCc1ccccc1. The minimum atomic E-state index is -0.0936. The third kappa shape index (κ3) is 4.44. The molecule has 106 valence electrons. The molecule has 3 N–H and O–H groups in total. The van der Waals surface area contributed by atoms with E-state index in [9.17, 15) is 0 Å². The number of hydrogen-bond donors (Lipinski definition) is 2. The van der Waals surface area contributed by atoms with Gasteiger partial charge < -0.3 is 11.1 Å². The Kier molecular flexibility index (Phi) is 5.35. The summed E-state index contributed by atoms with van der Waals surface area (Å²) in [4.78, 5) is 0. The summed E-state index contributed by atoms with van der Waals surface area (Å²) in [6.45, 7) is 3.62. The number of halogens is 1. The standard InChI is InChI=1S/C17H21BrN2/c1-17(13-19,11-14-7-9-16(18)10-8-14)20-12-15-5-3-2-4-6-15/h2-10,20H,11-13,19H2,1H3. The summed E-state index contributed by atoms with van der Waals surface area (Å²) >= 11 is 3.46. The average Bonchev–Trinajstić information content (AvgIpc) is 2.49. The fourth-order valence-electron chi connectivity index (χ4n) is 2.17. The fourth-order valence-corrected chi connectivity index (χ4v) is 2.44. The number of nitrogens with two attached hydrogens (primary N) is 1. The van der Waals surface area contributed by atoms with Gasteiger partial charge in [0, 0.05) is 23.1 Å². The summed E-state index contributed by atoms with van der Waals surface area (Å²) in [6.07, 6.45) is 0.920. The quantitative estimate of drug-likeness (QED) is 0.849. The lowest BCUT2D eigenvalue weighted by atomic mass is 9.92. The van der Waals surface area contributed by atoms with Crippen molar-refractivity contribution in [2.75, 3.05) is 6.54 Å². The molecule has 0 aliphatic carbocycles. The van der Waals surface area contributed by atoms with Gasteiger partial charge in [0.15, 0.2) is 0 Å². The van der Waals surface area contributed by atoms with E-state index in [1.165, 1.54) is 11.1 Å². The van der Waals surface area contributed by atoms with Crippen LogP contribution in [0.1, 0.15) is 18.1 Å². The van der Waals surface area contributed by atoms with E-state index in [0.29, 0.717) is 6.54 Å². The van der Waals surface area contributed by atoms with Crippen molar-refractivity contribution in [2.45, 2.75) is 25.4 Å². The van der Waals surface area contributed by atoms with Gasteiger partial charge in [-0.1, -0.05) is 58.4 Å². The van der Waals surface area contributed by atoms with Crippen LogP contribution >= 0.6 is 15.9 Å². The molecule has 0 bridgehead atoms. The third-order valence-corrected chi connectivity index (χ3v) is 4.05. The molecule has 3 heteroatoms. The van der Waals surface area contributed by atoms with Gasteiger partial charge in [0.25, 0.3) is 0 Å². The monoisotopic (exact) mass is 332 g/mol. The van der Waals surface area contributed by atoms with Gasteiger partial charge in [-0.05, 0) is 36.6 Å². The zero-order valence-corrected chi connectivity index (χ0v) is 13.4. The van der Waals surface area contributed by atoms with E-state index in [-0.39, 0.29) is 5.54 Å². The number of nitrogens with one attached hydrogen (secondary N) is 1. The first kappa shape index (κ1) is 15.2. The molecule has 20 heavy (non-hydrogen) atoms. The van der Waals surface area contributed by atoms with Crippen LogP contribution in [0.3, 0.4) is 0 Å². The highest BCUT2D eigenvalue weighted by Gasteiger charge is 2.22. The molecule has 0 fully saturated rings. The van der Waals surface area contributed by atoms with Gasteiger partial charge in [0.05, 0.1) is 0 Å². The summed E-state index contributed by atoms with van der Waals surface area (Å²) in [6, 6.07) is 18.8. The van der Waals surface area contributed by atoms with Crippen LogP contribution in [0.25, 0.3) is 0 Å². The molecule has 0 saturated heterocycles. The normalized spacial score (nSPS) is 13.9. The van der Waals surface area contributed by atoms with Crippen LogP contribution in [-0.4, -0.2) is 12.1 Å². The predicted octanol–water partition coefficient (Wildman–Crippen LogP) is 3.50. The maximum Gasteiger partial charge on any atom is 0.0319 e. The molecule has 0 aromatic heterocycles. The third-order valence-electron chi connectivity index (χ3n) is 3.52. The lowest BCUT2D eigenvalue weighted by molar-refractivity contribution is 0.359. The molecule has 2 aromatic carbocycles. The van der Waals surface area contributed by atoms with Gasteiger partial charge in [0.2, 0.25) is 0 Å². The van der Waals surface area contributed by atoms with E-state index in [4.69, 9.17) is 5.73 Å². The van der Waals surface area contributed by atoms with Crippen LogP contribution in [0.2, 0.25) is 0 Å². The largest absolute Gasteiger partial charge is 0.329 e. The van der Waals surface area contributed by atoms with Gasteiger partial charge >= 0.3 is 0 Å². The second-order valence-electron chi connectivity index (χ2n) is 5.41. The minimum absolute atomic E-state index is 0.0936.